The molecule has 2 rings (SSSR count). The Labute approximate surface area is 121 Å². The van der Waals surface area contributed by atoms with Crippen molar-refractivity contribution in [3.05, 3.63) is 21.7 Å². The van der Waals surface area contributed by atoms with E-state index < -0.39 is 21.4 Å². The molecule has 1 aromatic heterocycles. The zero-order valence-electron chi connectivity index (χ0n) is 11.6. The van der Waals surface area contributed by atoms with Crippen LogP contribution in [0.15, 0.2) is 4.79 Å². The minimum absolute atomic E-state index is 0.0399. The summed E-state index contributed by atoms with van der Waals surface area (Å²) in [7, 11) is -3.08. The van der Waals surface area contributed by atoms with Crippen molar-refractivity contribution in [3.63, 3.8) is 0 Å². The number of carbonyl (C=O) groups excluding carboxylic acids is 1. The van der Waals surface area contributed by atoms with Gasteiger partial charge in [-0.2, -0.15) is 0 Å². The Balaban J connectivity index is 2.25. The van der Waals surface area contributed by atoms with Crippen LogP contribution in [0.3, 0.4) is 0 Å². The van der Waals surface area contributed by atoms with Gasteiger partial charge in [0.15, 0.2) is 9.84 Å². The molecule has 0 radical (unpaired) electrons. The van der Waals surface area contributed by atoms with Gasteiger partial charge in [-0.25, -0.2) is 13.4 Å². The second-order valence-electron chi connectivity index (χ2n) is 4.90. The van der Waals surface area contributed by atoms with Crippen molar-refractivity contribution in [1.82, 2.24) is 9.97 Å². The first kappa shape index (κ1) is 15.5. The van der Waals surface area contributed by atoms with Crippen LogP contribution in [0.25, 0.3) is 0 Å². The van der Waals surface area contributed by atoms with Crippen LogP contribution in [0.1, 0.15) is 30.7 Å². The van der Waals surface area contributed by atoms with Crippen LogP contribution in [0.5, 0.6) is 0 Å². The van der Waals surface area contributed by atoms with Crippen LogP contribution < -0.4 is 11.3 Å². The van der Waals surface area contributed by atoms with Gasteiger partial charge < -0.3 is 15.5 Å². The van der Waals surface area contributed by atoms with Gasteiger partial charge in [0.25, 0.3) is 5.56 Å². The number of hydrogen-bond donors (Lipinski definition) is 2. The second-order valence-corrected chi connectivity index (χ2v) is 7.13. The first-order chi connectivity index (χ1) is 9.82. The molecule has 1 unspecified atom stereocenters. The number of aromatic nitrogens is 2. The maximum Gasteiger partial charge on any atom is 0.310 e. The highest BCUT2D eigenvalue weighted by Crippen LogP contribution is 2.26. The summed E-state index contributed by atoms with van der Waals surface area (Å²) in [4.78, 5) is 30.0. The number of ether oxygens (including phenoxy) is 1. The minimum Gasteiger partial charge on any atom is -0.466 e. The quantitative estimate of drug-likeness (QED) is 0.706. The highest BCUT2D eigenvalue weighted by Gasteiger charge is 2.31. The maximum atomic E-state index is 12.0. The summed E-state index contributed by atoms with van der Waals surface area (Å²) in [5, 5.41) is 0. The van der Waals surface area contributed by atoms with E-state index in [2.05, 4.69) is 9.97 Å². The molecule has 1 aliphatic rings. The lowest BCUT2D eigenvalue weighted by molar-refractivity contribution is -0.142. The minimum atomic E-state index is -3.08. The molecule has 116 valence electrons. The van der Waals surface area contributed by atoms with Gasteiger partial charge in [0.1, 0.15) is 11.6 Å². The molecule has 1 fully saturated rings. The van der Waals surface area contributed by atoms with Crippen LogP contribution in [-0.2, 0) is 25.8 Å². The molecular formula is C12H17N3O5S. The van der Waals surface area contributed by atoms with Crippen molar-refractivity contribution in [1.29, 1.82) is 0 Å². The maximum absolute atomic E-state index is 12.0. The van der Waals surface area contributed by atoms with Gasteiger partial charge in [0.05, 0.1) is 30.1 Å². The van der Waals surface area contributed by atoms with Gasteiger partial charge in [-0.15, -0.1) is 0 Å². The standard InChI is InChI=1S/C12H17N3O5S/c1-2-20-9(16)5-8-10(13)14-11(15-12(8)17)7-3-4-21(18,19)6-7/h7H,2-6H2,1H3,(H3,13,14,15,17). The number of carbonyl (C=O) groups is 1. The normalized spacial score (nSPS) is 20.3. The van der Waals surface area contributed by atoms with E-state index in [0.29, 0.717) is 6.42 Å². The van der Waals surface area contributed by atoms with E-state index in [1.165, 1.54) is 0 Å². The van der Waals surface area contributed by atoms with Crippen molar-refractivity contribution in [3.8, 4) is 0 Å². The van der Waals surface area contributed by atoms with E-state index in [1.807, 2.05) is 0 Å². The lowest BCUT2D eigenvalue weighted by Crippen LogP contribution is -2.24. The SMILES string of the molecule is CCOC(=O)Cc1c(N)nc(C2CCS(=O)(=O)C2)[nH]c1=O. The number of nitrogens with one attached hydrogen (secondary N) is 1. The summed E-state index contributed by atoms with van der Waals surface area (Å²) in [6.45, 7) is 1.87. The average Bonchev–Trinajstić information content (AvgIpc) is 2.74. The Bertz CT molecular complexity index is 710. The summed E-state index contributed by atoms with van der Waals surface area (Å²) >= 11 is 0. The molecule has 21 heavy (non-hydrogen) atoms. The van der Waals surface area contributed by atoms with Gasteiger partial charge in [-0.05, 0) is 13.3 Å². The monoisotopic (exact) mass is 315 g/mol. The third-order valence-corrected chi connectivity index (χ3v) is 5.08. The molecule has 1 saturated heterocycles. The Morgan fingerprint density at radius 2 is 2.24 bits per heavy atom. The topological polar surface area (TPSA) is 132 Å². The predicted molar refractivity (Wildman–Crippen MR) is 75.6 cm³/mol. The lowest BCUT2D eigenvalue weighted by Gasteiger charge is -2.10. The van der Waals surface area contributed by atoms with Crippen molar-refractivity contribution in [2.24, 2.45) is 0 Å². The zero-order chi connectivity index (χ0) is 15.6. The van der Waals surface area contributed by atoms with Crippen LogP contribution in [0.4, 0.5) is 5.82 Å². The van der Waals surface area contributed by atoms with E-state index in [-0.39, 0.29) is 47.7 Å². The molecule has 1 atom stereocenters. The predicted octanol–water partition coefficient (Wildman–Crippen LogP) is -0.640. The fourth-order valence-corrected chi connectivity index (χ4v) is 4.01. The Hall–Kier alpha value is -1.90. The van der Waals surface area contributed by atoms with Crippen molar-refractivity contribution >= 4 is 21.6 Å². The molecule has 1 aliphatic heterocycles. The highest BCUT2D eigenvalue weighted by atomic mass is 32.2. The van der Waals surface area contributed by atoms with E-state index in [1.54, 1.807) is 6.92 Å². The third kappa shape index (κ3) is 3.60. The summed E-state index contributed by atoms with van der Waals surface area (Å²) in [5.41, 5.74) is 5.22. The Morgan fingerprint density at radius 1 is 1.52 bits per heavy atom. The summed E-state index contributed by atoms with van der Waals surface area (Å²) in [6, 6.07) is 0. The second kappa shape index (κ2) is 5.84. The fraction of sp³-hybridized carbons (Fsp3) is 0.583. The van der Waals surface area contributed by atoms with E-state index in [9.17, 15) is 18.0 Å². The molecule has 2 heterocycles. The number of nitrogens with zero attached hydrogens (tertiary/aromatic N) is 1. The lowest BCUT2D eigenvalue weighted by atomic mass is 10.1. The summed E-state index contributed by atoms with van der Waals surface area (Å²) < 4.78 is 27.7. The van der Waals surface area contributed by atoms with Crippen LogP contribution in [-0.4, -0.2) is 42.5 Å². The van der Waals surface area contributed by atoms with Crippen LogP contribution in [0.2, 0.25) is 0 Å². The number of hydrogen-bond acceptors (Lipinski definition) is 7. The number of nitrogens with two attached hydrogens (primary N) is 1. The smallest absolute Gasteiger partial charge is 0.310 e. The number of rotatable bonds is 4. The molecule has 0 saturated carbocycles. The van der Waals surface area contributed by atoms with E-state index in [4.69, 9.17) is 10.5 Å². The Kier molecular flexibility index (Phi) is 4.31. The van der Waals surface area contributed by atoms with E-state index in [0.717, 1.165) is 0 Å². The molecule has 0 aromatic carbocycles. The van der Waals surface area contributed by atoms with Gasteiger partial charge in [-0.3, -0.25) is 9.59 Å². The fourth-order valence-electron chi connectivity index (χ4n) is 2.26. The van der Waals surface area contributed by atoms with Crippen molar-refractivity contribution in [2.75, 3.05) is 23.8 Å². The largest absolute Gasteiger partial charge is 0.466 e. The van der Waals surface area contributed by atoms with Gasteiger partial charge in [0, 0.05) is 5.92 Å². The Morgan fingerprint density at radius 3 is 2.76 bits per heavy atom. The van der Waals surface area contributed by atoms with Crippen LogP contribution in [0, 0.1) is 0 Å². The number of aromatic amines is 1. The van der Waals surface area contributed by atoms with Gasteiger partial charge in [-0.1, -0.05) is 0 Å². The molecule has 0 aliphatic carbocycles. The zero-order valence-corrected chi connectivity index (χ0v) is 12.4. The number of esters is 1. The molecule has 8 nitrogen and oxygen atoms in total. The van der Waals surface area contributed by atoms with Crippen LogP contribution >= 0.6 is 0 Å². The first-order valence-electron chi connectivity index (χ1n) is 6.57. The molecule has 1 aromatic rings. The summed E-state index contributed by atoms with van der Waals surface area (Å²) in [5.74, 6) is -0.704. The molecule has 0 amide bonds. The number of nitrogen functional groups attached to an aromatic ring is 1. The molecular weight excluding hydrogens is 298 g/mol. The van der Waals surface area contributed by atoms with E-state index >= 15 is 0 Å². The third-order valence-electron chi connectivity index (χ3n) is 3.31. The summed E-state index contributed by atoms with van der Waals surface area (Å²) in [6.07, 6.45) is 0.146. The number of H-pyrrole nitrogens is 1. The highest BCUT2D eigenvalue weighted by molar-refractivity contribution is 7.91. The van der Waals surface area contributed by atoms with Gasteiger partial charge >= 0.3 is 5.97 Å². The molecule has 0 spiro atoms. The molecule has 3 N–H and O–H groups in total. The molecule has 9 heteroatoms. The molecule has 0 bridgehead atoms. The number of anilines is 1. The van der Waals surface area contributed by atoms with Crippen molar-refractivity contribution < 1.29 is 17.9 Å². The van der Waals surface area contributed by atoms with Gasteiger partial charge in [0.2, 0.25) is 0 Å². The number of sulfone groups is 1. The first-order valence-corrected chi connectivity index (χ1v) is 8.39. The average molecular weight is 315 g/mol. The van der Waals surface area contributed by atoms with Crippen molar-refractivity contribution in [2.45, 2.75) is 25.7 Å².